The van der Waals surface area contributed by atoms with E-state index in [1.54, 1.807) is 0 Å². The Morgan fingerprint density at radius 1 is 0.889 bits per heavy atom. The molecule has 1 unspecified atom stereocenters. The van der Waals surface area contributed by atoms with Crippen LogP contribution in [-0.4, -0.2) is 26.2 Å². The van der Waals surface area contributed by atoms with E-state index in [2.05, 4.69) is 41.0 Å². The monoisotopic (exact) mass is 244 g/mol. The van der Waals surface area contributed by atoms with Crippen molar-refractivity contribution in [1.82, 2.24) is 0 Å². The van der Waals surface area contributed by atoms with Crippen LogP contribution in [0.2, 0.25) is 0 Å². The zero-order valence-electron chi connectivity index (χ0n) is 11.4. The molecule has 0 amide bonds. The standard InChI is InChI=1S/C16H24N2/c1-14-7-6-12-18(13-14)16-9-3-2-8-15(16)17-10-4-5-11-17/h2-3,8-9,14H,4-7,10-13H2,1H3. The third-order valence-electron chi connectivity index (χ3n) is 4.33. The summed E-state index contributed by atoms with van der Waals surface area (Å²) in [5, 5.41) is 0. The summed E-state index contributed by atoms with van der Waals surface area (Å²) in [5.41, 5.74) is 2.93. The lowest BCUT2D eigenvalue weighted by Gasteiger charge is -2.35. The van der Waals surface area contributed by atoms with Crippen molar-refractivity contribution in [2.75, 3.05) is 36.0 Å². The molecule has 0 radical (unpaired) electrons. The Morgan fingerprint density at radius 2 is 1.50 bits per heavy atom. The first kappa shape index (κ1) is 11.9. The third-order valence-corrected chi connectivity index (χ3v) is 4.33. The fourth-order valence-electron chi connectivity index (χ4n) is 3.37. The summed E-state index contributed by atoms with van der Waals surface area (Å²) in [6.45, 7) is 7.31. The zero-order chi connectivity index (χ0) is 12.4. The summed E-state index contributed by atoms with van der Waals surface area (Å²) in [5.74, 6) is 0.838. The number of benzene rings is 1. The Balaban J connectivity index is 1.86. The van der Waals surface area contributed by atoms with Gasteiger partial charge in [-0.15, -0.1) is 0 Å². The second-order valence-corrected chi connectivity index (χ2v) is 5.88. The van der Waals surface area contributed by atoms with E-state index in [1.165, 1.54) is 63.2 Å². The van der Waals surface area contributed by atoms with Crippen molar-refractivity contribution in [3.8, 4) is 0 Å². The molecule has 0 saturated carbocycles. The van der Waals surface area contributed by atoms with Crippen molar-refractivity contribution >= 4 is 11.4 Å². The average Bonchev–Trinajstić information content (AvgIpc) is 2.92. The van der Waals surface area contributed by atoms with Gasteiger partial charge in [-0.2, -0.15) is 0 Å². The number of hydrogen-bond acceptors (Lipinski definition) is 2. The highest BCUT2D eigenvalue weighted by molar-refractivity contribution is 5.71. The second-order valence-electron chi connectivity index (χ2n) is 5.88. The van der Waals surface area contributed by atoms with Gasteiger partial charge >= 0.3 is 0 Å². The molecule has 2 heterocycles. The molecule has 1 aromatic rings. The number of para-hydroxylation sites is 2. The van der Waals surface area contributed by atoms with Gasteiger partial charge in [0.2, 0.25) is 0 Å². The van der Waals surface area contributed by atoms with E-state index in [4.69, 9.17) is 0 Å². The predicted octanol–water partition coefficient (Wildman–Crippen LogP) is 3.52. The van der Waals surface area contributed by atoms with Gasteiger partial charge in [0, 0.05) is 26.2 Å². The van der Waals surface area contributed by atoms with E-state index >= 15 is 0 Å². The molecular formula is C16H24N2. The second kappa shape index (κ2) is 5.21. The van der Waals surface area contributed by atoms with Gasteiger partial charge < -0.3 is 9.80 Å². The van der Waals surface area contributed by atoms with Crippen LogP contribution < -0.4 is 9.80 Å². The van der Waals surface area contributed by atoms with Crippen LogP contribution in [0.25, 0.3) is 0 Å². The molecule has 0 N–H and O–H groups in total. The highest BCUT2D eigenvalue weighted by atomic mass is 15.2. The average molecular weight is 244 g/mol. The number of rotatable bonds is 2. The van der Waals surface area contributed by atoms with E-state index in [-0.39, 0.29) is 0 Å². The molecular weight excluding hydrogens is 220 g/mol. The number of piperidine rings is 1. The van der Waals surface area contributed by atoms with E-state index in [1.807, 2.05) is 0 Å². The Kier molecular flexibility index (Phi) is 3.44. The molecule has 0 aromatic heterocycles. The maximum absolute atomic E-state index is 2.60. The molecule has 1 aromatic carbocycles. The Bertz CT molecular complexity index is 396. The van der Waals surface area contributed by atoms with E-state index < -0.39 is 0 Å². The fourth-order valence-corrected chi connectivity index (χ4v) is 3.37. The molecule has 2 heteroatoms. The van der Waals surface area contributed by atoms with Gasteiger partial charge in [0.1, 0.15) is 0 Å². The molecule has 2 saturated heterocycles. The van der Waals surface area contributed by atoms with Crippen LogP contribution in [0.15, 0.2) is 24.3 Å². The van der Waals surface area contributed by atoms with Crippen molar-refractivity contribution in [3.05, 3.63) is 24.3 Å². The zero-order valence-corrected chi connectivity index (χ0v) is 11.4. The summed E-state index contributed by atoms with van der Waals surface area (Å²) in [6.07, 6.45) is 5.44. The van der Waals surface area contributed by atoms with Crippen LogP contribution in [0.1, 0.15) is 32.6 Å². The quantitative estimate of drug-likeness (QED) is 0.785. The van der Waals surface area contributed by atoms with Crippen LogP contribution in [0.5, 0.6) is 0 Å². The SMILES string of the molecule is CC1CCCN(c2ccccc2N2CCCC2)C1. The Labute approximate surface area is 111 Å². The van der Waals surface area contributed by atoms with Crippen molar-refractivity contribution in [2.45, 2.75) is 32.6 Å². The van der Waals surface area contributed by atoms with Gasteiger partial charge in [0.25, 0.3) is 0 Å². The fraction of sp³-hybridized carbons (Fsp3) is 0.625. The van der Waals surface area contributed by atoms with Gasteiger partial charge in [-0.05, 0) is 43.7 Å². The van der Waals surface area contributed by atoms with Crippen LogP contribution in [0.4, 0.5) is 11.4 Å². The number of hydrogen-bond donors (Lipinski definition) is 0. The van der Waals surface area contributed by atoms with E-state index in [9.17, 15) is 0 Å². The van der Waals surface area contributed by atoms with Crippen LogP contribution in [-0.2, 0) is 0 Å². The summed E-state index contributed by atoms with van der Waals surface area (Å²) < 4.78 is 0. The normalized spacial score (nSPS) is 24.6. The number of nitrogens with zero attached hydrogens (tertiary/aromatic N) is 2. The molecule has 98 valence electrons. The minimum absolute atomic E-state index is 0.838. The summed E-state index contributed by atoms with van der Waals surface area (Å²) in [4.78, 5) is 5.16. The lowest BCUT2D eigenvalue weighted by molar-refractivity contribution is 0.447. The Hall–Kier alpha value is -1.18. The molecule has 0 aliphatic carbocycles. The summed E-state index contributed by atoms with van der Waals surface area (Å²) in [7, 11) is 0. The number of anilines is 2. The molecule has 2 fully saturated rings. The summed E-state index contributed by atoms with van der Waals surface area (Å²) in [6, 6.07) is 8.99. The largest absolute Gasteiger partial charge is 0.370 e. The van der Waals surface area contributed by atoms with Crippen LogP contribution >= 0.6 is 0 Å². The van der Waals surface area contributed by atoms with E-state index in [0.717, 1.165) is 5.92 Å². The topological polar surface area (TPSA) is 6.48 Å². The van der Waals surface area contributed by atoms with Gasteiger partial charge in [-0.1, -0.05) is 19.1 Å². The summed E-state index contributed by atoms with van der Waals surface area (Å²) >= 11 is 0. The van der Waals surface area contributed by atoms with Crippen molar-refractivity contribution in [1.29, 1.82) is 0 Å². The van der Waals surface area contributed by atoms with Crippen molar-refractivity contribution in [3.63, 3.8) is 0 Å². The van der Waals surface area contributed by atoms with Gasteiger partial charge in [-0.25, -0.2) is 0 Å². The molecule has 2 aliphatic heterocycles. The van der Waals surface area contributed by atoms with Crippen molar-refractivity contribution in [2.24, 2.45) is 5.92 Å². The van der Waals surface area contributed by atoms with Gasteiger partial charge in [0.15, 0.2) is 0 Å². The minimum atomic E-state index is 0.838. The first-order valence-electron chi connectivity index (χ1n) is 7.43. The maximum atomic E-state index is 2.60. The first-order chi connectivity index (χ1) is 8.84. The third kappa shape index (κ3) is 2.33. The lowest BCUT2D eigenvalue weighted by Crippen LogP contribution is -2.35. The lowest BCUT2D eigenvalue weighted by atomic mass is 9.99. The molecule has 2 nitrogen and oxygen atoms in total. The molecule has 3 rings (SSSR count). The molecule has 2 aliphatic rings. The van der Waals surface area contributed by atoms with Crippen molar-refractivity contribution < 1.29 is 0 Å². The van der Waals surface area contributed by atoms with Crippen LogP contribution in [0.3, 0.4) is 0 Å². The van der Waals surface area contributed by atoms with E-state index in [0.29, 0.717) is 0 Å². The van der Waals surface area contributed by atoms with Crippen LogP contribution in [0, 0.1) is 5.92 Å². The smallest absolute Gasteiger partial charge is 0.0604 e. The maximum Gasteiger partial charge on any atom is 0.0604 e. The molecule has 18 heavy (non-hydrogen) atoms. The molecule has 0 spiro atoms. The molecule has 1 atom stereocenters. The predicted molar refractivity (Wildman–Crippen MR) is 78.5 cm³/mol. The highest BCUT2D eigenvalue weighted by Crippen LogP contribution is 2.33. The Morgan fingerprint density at radius 3 is 2.17 bits per heavy atom. The molecule has 0 bridgehead atoms. The highest BCUT2D eigenvalue weighted by Gasteiger charge is 2.22. The van der Waals surface area contributed by atoms with Gasteiger partial charge in [0.05, 0.1) is 11.4 Å². The van der Waals surface area contributed by atoms with Gasteiger partial charge in [-0.3, -0.25) is 0 Å². The minimum Gasteiger partial charge on any atom is -0.370 e. The first-order valence-corrected chi connectivity index (χ1v) is 7.43.